The van der Waals surface area contributed by atoms with Gasteiger partial charge in [0.1, 0.15) is 6.04 Å². The second kappa shape index (κ2) is 8.16. The smallest absolute Gasteiger partial charge is 0.326 e. The number of anilines is 1. The topological polar surface area (TPSA) is 78.4 Å². The zero-order chi connectivity index (χ0) is 15.1. The molecular formula is C13H17BrN2O3S. The van der Waals surface area contributed by atoms with Crippen LogP contribution in [0.2, 0.25) is 0 Å². The highest BCUT2D eigenvalue weighted by molar-refractivity contribution is 9.10. The van der Waals surface area contributed by atoms with E-state index < -0.39 is 18.0 Å². The Morgan fingerprint density at radius 2 is 2.15 bits per heavy atom. The number of halogens is 1. The van der Waals surface area contributed by atoms with E-state index in [-0.39, 0.29) is 0 Å². The first kappa shape index (κ1) is 16.8. The molecule has 0 saturated heterocycles. The molecule has 5 nitrogen and oxygen atoms in total. The van der Waals surface area contributed by atoms with Crippen molar-refractivity contribution in [3.63, 3.8) is 0 Å². The molecule has 1 aromatic carbocycles. The minimum absolute atomic E-state index is 0.390. The zero-order valence-corrected chi connectivity index (χ0v) is 13.7. The fourth-order valence-corrected chi connectivity index (χ4v) is 2.34. The average molecular weight is 361 g/mol. The molecule has 2 amide bonds. The number of carboxylic acids is 1. The van der Waals surface area contributed by atoms with E-state index in [4.69, 9.17) is 5.11 Å². The molecule has 0 aliphatic rings. The van der Waals surface area contributed by atoms with Crippen LogP contribution in [0.5, 0.6) is 0 Å². The average Bonchev–Trinajstić information content (AvgIpc) is 2.38. The number of aliphatic carboxylic acids is 1. The van der Waals surface area contributed by atoms with Crippen LogP contribution < -0.4 is 10.6 Å². The number of aryl methyl sites for hydroxylation is 1. The summed E-state index contributed by atoms with van der Waals surface area (Å²) in [4.78, 5) is 22.8. The fourth-order valence-electron chi connectivity index (χ4n) is 1.49. The third kappa shape index (κ3) is 5.42. The van der Waals surface area contributed by atoms with Crippen molar-refractivity contribution in [1.29, 1.82) is 0 Å². The second-order valence-electron chi connectivity index (χ2n) is 4.23. The van der Waals surface area contributed by atoms with Gasteiger partial charge in [-0.05, 0) is 43.0 Å². The van der Waals surface area contributed by atoms with Gasteiger partial charge >= 0.3 is 12.0 Å². The highest BCUT2D eigenvalue weighted by Crippen LogP contribution is 2.20. The molecule has 0 bridgehead atoms. The molecule has 0 heterocycles. The Bertz CT molecular complexity index is 497. The molecule has 0 aliphatic carbocycles. The van der Waals surface area contributed by atoms with Gasteiger partial charge in [-0.3, -0.25) is 0 Å². The molecule has 20 heavy (non-hydrogen) atoms. The van der Waals surface area contributed by atoms with Crippen LogP contribution in [-0.4, -0.2) is 35.2 Å². The molecule has 1 rings (SSSR count). The molecule has 0 fully saturated rings. The molecule has 3 N–H and O–H groups in total. The van der Waals surface area contributed by atoms with E-state index in [1.54, 1.807) is 23.9 Å². The van der Waals surface area contributed by atoms with Crippen molar-refractivity contribution in [2.45, 2.75) is 19.4 Å². The molecule has 0 aromatic heterocycles. The Balaban J connectivity index is 2.60. The van der Waals surface area contributed by atoms with Gasteiger partial charge in [-0.2, -0.15) is 11.8 Å². The molecular weight excluding hydrogens is 344 g/mol. The number of rotatable bonds is 6. The number of carbonyl (C=O) groups excluding carboxylic acids is 1. The van der Waals surface area contributed by atoms with Crippen LogP contribution in [0.4, 0.5) is 10.5 Å². The van der Waals surface area contributed by atoms with Crippen molar-refractivity contribution in [2.24, 2.45) is 0 Å². The minimum Gasteiger partial charge on any atom is -0.480 e. The second-order valence-corrected chi connectivity index (χ2v) is 6.07. The third-order valence-electron chi connectivity index (χ3n) is 2.64. The number of urea groups is 1. The summed E-state index contributed by atoms with van der Waals surface area (Å²) >= 11 is 4.92. The minimum atomic E-state index is -1.03. The molecule has 110 valence electrons. The van der Waals surface area contributed by atoms with Crippen LogP contribution >= 0.6 is 27.7 Å². The van der Waals surface area contributed by atoms with Crippen molar-refractivity contribution in [1.82, 2.24) is 5.32 Å². The summed E-state index contributed by atoms with van der Waals surface area (Å²) in [5, 5.41) is 14.1. The van der Waals surface area contributed by atoms with Gasteiger partial charge in [0.2, 0.25) is 0 Å². The summed E-state index contributed by atoms with van der Waals surface area (Å²) < 4.78 is 0.882. The Labute approximate surface area is 130 Å². The number of carboxylic acid groups (broad SMARTS) is 1. The Hall–Kier alpha value is -1.21. The van der Waals surface area contributed by atoms with Crippen molar-refractivity contribution in [3.05, 3.63) is 28.2 Å². The molecule has 0 radical (unpaired) electrons. The fraction of sp³-hybridized carbons (Fsp3) is 0.385. The first-order valence-electron chi connectivity index (χ1n) is 5.99. The van der Waals surface area contributed by atoms with Crippen LogP contribution in [0.25, 0.3) is 0 Å². The van der Waals surface area contributed by atoms with E-state index in [1.165, 1.54) is 0 Å². The third-order valence-corrected chi connectivity index (χ3v) is 4.14. The largest absolute Gasteiger partial charge is 0.480 e. The lowest BCUT2D eigenvalue weighted by atomic mass is 10.2. The molecule has 1 aromatic rings. The maximum absolute atomic E-state index is 11.8. The van der Waals surface area contributed by atoms with E-state index in [1.807, 2.05) is 19.2 Å². The molecule has 7 heteroatoms. The molecule has 1 atom stereocenters. The van der Waals surface area contributed by atoms with Crippen LogP contribution in [0.3, 0.4) is 0 Å². The number of amides is 2. The van der Waals surface area contributed by atoms with E-state index in [2.05, 4.69) is 26.6 Å². The number of hydrogen-bond donors (Lipinski definition) is 3. The summed E-state index contributed by atoms with van der Waals surface area (Å²) in [7, 11) is 0. The number of thioether (sulfide) groups is 1. The number of nitrogens with one attached hydrogen (secondary N) is 2. The van der Waals surface area contributed by atoms with Gasteiger partial charge in [-0.15, -0.1) is 0 Å². The first-order valence-corrected chi connectivity index (χ1v) is 8.18. The van der Waals surface area contributed by atoms with Crippen molar-refractivity contribution in [3.8, 4) is 0 Å². The molecule has 0 unspecified atom stereocenters. The first-order chi connectivity index (χ1) is 9.43. The van der Waals surface area contributed by atoms with Crippen LogP contribution in [-0.2, 0) is 4.79 Å². The summed E-state index contributed by atoms with van der Waals surface area (Å²) in [6, 6.07) is 4.00. The molecule has 0 spiro atoms. The maximum atomic E-state index is 11.8. The lowest BCUT2D eigenvalue weighted by molar-refractivity contribution is -0.139. The van der Waals surface area contributed by atoms with Crippen LogP contribution in [0.15, 0.2) is 22.7 Å². The van der Waals surface area contributed by atoms with Crippen molar-refractivity contribution < 1.29 is 14.7 Å². The Kier molecular flexibility index (Phi) is 6.87. The van der Waals surface area contributed by atoms with Gasteiger partial charge in [-0.25, -0.2) is 9.59 Å². The summed E-state index contributed by atoms with van der Waals surface area (Å²) in [6.07, 6.45) is 2.28. The highest BCUT2D eigenvalue weighted by Gasteiger charge is 2.19. The normalized spacial score (nSPS) is 11.8. The van der Waals surface area contributed by atoms with Gasteiger partial charge in [0.05, 0.1) is 0 Å². The van der Waals surface area contributed by atoms with Crippen LogP contribution in [0, 0.1) is 6.92 Å². The van der Waals surface area contributed by atoms with E-state index in [0.29, 0.717) is 17.9 Å². The lowest BCUT2D eigenvalue weighted by Gasteiger charge is -2.15. The van der Waals surface area contributed by atoms with Gasteiger partial charge in [0.15, 0.2) is 0 Å². The number of hydrogen-bond acceptors (Lipinski definition) is 3. The van der Waals surface area contributed by atoms with Crippen molar-refractivity contribution in [2.75, 3.05) is 17.3 Å². The van der Waals surface area contributed by atoms with Gasteiger partial charge in [0, 0.05) is 10.2 Å². The van der Waals surface area contributed by atoms with E-state index in [9.17, 15) is 9.59 Å². The standard InChI is InChI=1S/C13H17BrN2O3S/c1-8-3-4-9(7-10(8)14)15-13(19)16-11(12(17)18)5-6-20-2/h3-4,7,11H,5-6H2,1-2H3,(H,17,18)(H2,15,16,19)/t11-/m1/s1. The quantitative estimate of drug-likeness (QED) is 0.728. The van der Waals surface area contributed by atoms with E-state index >= 15 is 0 Å². The zero-order valence-electron chi connectivity index (χ0n) is 11.3. The van der Waals surface area contributed by atoms with Gasteiger partial charge in [-0.1, -0.05) is 22.0 Å². The monoisotopic (exact) mass is 360 g/mol. The number of carbonyl (C=O) groups is 2. The Morgan fingerprint density at radius 3 is 2.70 bits per heavy atom. The predicted molar refractivity (Wildman–Crippen MR) is 85.5 cm³/mol. The predicted octanol–water partition coefficient (Wildman–Crippen LogP) is 3.09. The summed E-state index contributed by atoms with van der Waals surface area (Å²) in [5.74, 6) is -0.355. The lowest BCUT2D eigenvalue weighted by Crippen LogP contribution is -2.43. The van der Waals surface area contributed by atoms with Gasteiger partial charge in [0.25, 0.3) is 0 Å². The summed E-state index contributed by atoms with van der Waals surface area (Å²) in [5.41, 5.74) is 1.66. The summed E-state index contributed by atoms with van der Waals surface area (Å²) in [6.45, 7) is 1.94. The van der Waals surface area contributed by atoms with Crippen molar-refractivity contribution >= 4 is 45.4 Å². The number of benzene rings is 1. The highest BCUT2D eigenvalue weighted by atomic mass is 79.9. The van der Waals surface area contributed by atoms with Gasteiger partial charge < -0.3 is 15.7 Å². The van der Waals surface area contributed by atoms with Crippen LogP contribution in [0.1, 0.15) is 12.0 Å². The van der Waals surface area contributed by atoms with E-state index in [0.717, 1.165) is 10.0 Å². The maximum Gasteiger partial charge on any atom is 0.326 e. The molecule has 0 saturated carbocycles. The Morgan fingerprint density at radius 1 is 1.45 bits per heavy atom. The SMILES string of the molecule is CSCC[C@@H](NC(=O)Nc1ccc(C)c(Br)c1)C(=O)O. The molecule has 0 aliphatic heterocycles.